The number of nitrogens with two attached hydrogens (primary N) is 4. The van der Waals surface area contributed by atoms with Crippen LogP contribution >= 0.6 is 12.6 Å². The molecule has 0 bridgehead atoms. The first-order chi connectivity index (χ1) is 34.2. The molecular weight excluding hydrogens is 991 g/mol. The van der Waals surface area contributed by atoms with E-state index in [1.54, 1.807) is 6.92 Å². The highest BCUT2D eigenvalue weighted by molar-refractivity contribution is 7.80. The van der Waals surface area contributed by atoms with Gasteiger partial charge in [0.2, 0.25) is 53.2 Å². The number of guanidine groups is 1. The van der Waals surface area contributed by atoms with Crippen molar-refractivity contribution in [1.29, 1.82) is 0 Å². The number of carbonyl (C=O) groups excluding carboxylic acids is 9. The van der Waals surface area contributed by atoms with Crippen LogP contribution in [-0.4, -0.2) is 188 Å². The first-order valence-corrected chi connectivity index (χ1v) is 23.1. The molecule has 0 unspecified atom stereocenters. The number of nitrogens with zero attached hydrogens (tertiary/aromatic N) is 1. The number of aliphatic hydroxyl groups is 3. The lowest BCUT2D eigenvalue weighted by molar-refractivity contribution is -0.143. The van der Waals surface area contributed by atoms with Crippen LogP contribution in [0, 0.1) is 5.92 Å². The van der Waals surface area contributed by atoms with E-state index in [0.29, 0.717) is 5.56 Å². The molecule has 0 aliphatic rings. The van der Waals surface area contributed by atoms with Crippen LogP contribution in [0.1, 0.15) is 58.4 Å². The van der Waals surface area contributed by atoms with Crippen LogP contribution in [0.25, 0.3) is 0 Å². The molecule has 408 valence electrons. The summed E-state index contributed by atoms with van der Waals surface area (Å²) in [5, 5.41) is 77.0. The first-order valence-electron chi connectivity index (χ1n) is 22.4. The third kappa shape index (κ3) is 22.7. The lowest BCUT2D eigenvalue weighted by atomic mass is 9.96. The Bertz CT molecular complexity index is 2130. The van der Waals surface area contributed by atoms with E-state index in [-0.39, 0.29) is 49.7 Å². The number of carbonyl (C=O) groups is 11. The van der Waals surface area contributed by atoms with Gasteiger partial charge in [-0.05, 0) is 43.4 Å². The fourth-order valence-corrected chi connectivity index (χ4v) is 6.50. The molecule has 1 aromatic carbocycles. The van der Waals surface area contributed by atoms with Crippen LogP contribution < -0.4 is 65.5 Å². The van der Waals surface area contributed by atoms with E-state index in [2.05, 4.69) is 49.5 Å². The smallest absolute Gasteiger partial charge is 0.326 e. The second-order valence-electron chi connectivity index (χ2n) is 16.5. The molecule has 0 saturated carbocycles. The lowest BCUT2D eigenvalue weighted by Crippen LogP contribution is -2.62. The number of benzene rings is 1. The van der Waals surface area contributed by atoms with Crippen molar-refractivity contribution in [3.05, 3.63) is 29.8 Å². The van der Waals surface area contributed by atoms with Gasteiger partial charge < -0.3 is 96.1 Å². The quantitative estimate of drug-likeness (QED) is 0.0135. The van der Waals surface area contributed by atoms with Crippen molar-refractivity contribution in [2.75, 3.05) is 25.5 Å². The largest absolute Gasteiger partial charge is 0.508 e. The third-order valence-electron chi connectivity index (χ3n) is 10.6. The van der Waals surface area contributed by atoms with Crippen LogP contribution in [0.15, 0.2) is 29.3 Å². The Labute approximate surface area is 423 Å². The van der Waals surface area contributed by atoms with Crippen LogP contribution in [0.4, 0.5) is 0 Å². The third-order valence-corrected chi connectivity index (χ3v) is 11.0. The number of carboxylic acids is 2. The van der Waals surface area contributed by atoms with Gasteiger partial charge in [0, 0.05) is 18.7 Å². The molecule has 1 rings (SSSR count). The molecule has 0 aliphatic heterocycles. The zero-order chi connectivity index (χ0) is 55.7. The summed E-state index contributed by atoms with van der Waals surface area (Å²) in [5.41, 5.74) is 21.8. The summed E-state index contributed by atoms with van der Waals surface area (Å²) >= 11 is 3.86. The first kappa shape index (κ1) is 63.7. The van der Waals surface area contributed by atoms with Crippen LogP contribution in [0.3, 0.4) is 0 Å². The number of hydrogen-bond acceptors (Lipinski definition) is 18. The normalized spacial score (nSPS) is 15.5. The molecule has 0 aromatic heterocycles. The molecular formula is C42H67N13O17S. The summed E-state index contributed by atoms with van der Waals surface area (Å²) in [6.45, 7) is 1.97. The minimum Gasteiger partial charge on any atom is -0.508 e. The van der Waals surface area contributed by atoms with E-state index >= 15 is 0 Å². The number of aromatic hydroxyl groups is 1. The predicted octanol–water partition coefficient (Wildman–Crippen LogP) is -8.03. The Hall–Kier alpha value is -7.35. The van der Waals surface area contributed by atoms with Gasteiger partial charge in [-0.3, -0.25) is 52.9 Å². The second-order valence-corrected chi connectivity index (χ2v) is 16.9. The Morgan fingerprint density at radius 3 is 1.51 bits per heavy atom. The molecule has 0 radical (unpaired) electrons. The van der Waals surface area contributed by atoms with Gasteiger partial charge in [-0.1, -0.05) is 32.4 Å². The molecule has 0 spiro atoms. The minimum absolute atomic E-state index is 0.0321. The molecule has 22 N–H and O–H groups in total. The molecule has 1 aromatic rings. The maximum Gasteiger partial charge on any atom is 0.326 e. The lowest BCUT2D eigenvalue weighted by Gasteiger charge is -2.30. The number of thiol groups is 1. The number of aliphatic hydroxyl groups excluding tert-OH is 3. The van der Waals surface area contributed by atoms with Gasteiger partial charge >= 0.3 is 11.9 Å². The molecule has 0 heterocycles. The van der Waals surface area contributed by atoms with Gasteiger partial charge in [-0.25, -0.2) is 4.79 Å². The molecule has 0 saturated heterocycles. The topological polar surface area (TPSA) is 522 Å². The Morgan fingerprint density at radius 1 is 0.616 bits per heavy atom. The fourth-order valence-electron chi connectivity index (χ4n) is 6.34. The number of carboxylic acid groups (broad SMARTS) is 2. The standard InChI is InChI=1S/C42H67N13O17S/c1-4-18(2)31(39(69)55-32(19(3)58)40(70)48-23(41(71)72)6-5-11-47-42(45)46)54-36(66)24(12-20-7-9-21(59)10-8-20)50-34(64)25(13-29(44)60)51-37(67)27(15-56)53-38(68)28(16-57)52-35(65)26(14-30(61)62)49-33(63)22(43)17-73/h7-10,18-19,22-28,31-32,56-59,73H,4-6,11-17,43H2,1-3H3,(H2,44,60)(H,48,70)(H,49,63)(H,50,64)(H,51,67)(H,52,65)(H,53,68)(H,54,66)(H,55,69)(H,61,62)(H,71,72)(H4,45,46,47)/t18-,19+,22-,23-,24-,25-,26-,27-,28-,31-,32-/m0/s1. The summed E-state index contributed by atoms with van der Waals surface area (Å²) in [6, 6.07) is -10.2. The van der Waals surface area contributed by atoms with Gasteiger partial charge in [-0.15, -0.1) is 0 Å². The highest BCUT2D eigenvalue weighted by Gasteiger charge is 2.37. The summed E-state index contributed by atoms with van der Waals surface area (Å²) < 4.78 is 0. The number of hydrogen-bond donors (Lipinski definition) is 19. The zero-order valence-corrected chi connectivity index (χ0v) is 41.0. The monoisotopic (exact) mass is 1060 g/mol. The van der Waals surface area contributed by atoms with Gasteiger partial charge in [-0.2, -0.15) is 12.6 Å². The molecule has 30 nitrogen and oxygen atoms in total. The molecule has 9 amide bonds. The van der Waals surface area contributed by atoms with E-state index in [1.165, 1.54) is 31.2 Å². The van der Waals surface area contributed by atoms with E-state index in [0.717, 1.165) is 6.92 Å². The van der Waals surface area contributed by atoms with Gasteiger partial charge in [0.15, 0.2) is 5.96 Å². The van der Waals surface area contributed by atoms with E-state index in [1.807, 2.05) is 10.6 Å². The summed E-state index contributed by atoms with van der Waals surface area (Å²) in [7, 11) is 0. The Morgan fingerprint density at radius 2 is 1.05 bits per heavy atom. The summed E-state index contributed by atoms with van der Waals surface area (Å²) in [6.07, 6.45) is -3.77. The van der Waals surface area contributed by atoms with Crippen molar-refractivity contribution in [3.8, 4) is 5.75 Å². The van der Waals surface area contributed by atoms with Crippen LogP contribution in [0.2, 0.25) is 0 Å². The van der Waals surface area contributed by atoms with Crippen molar-refractivity contribution >= 4 is 83.7 Å². The molecule has 0 aliphatic carbocycles. The highest BCUT2D eigenvalue weighted by Crippen LogP contribution is 2.14. The number of rotatable bonds is 33. The summed E-state index contributed by atoms with van der Waals surface area (Å²) in [4.78, 5) is 146. The number of primary amides is 1. The number of aliphatic carboxylic acids is 2. The van der Waals surface area contributed by atoms with Crippen molar-refractivity contribution in [1.82, 2.24) is 42.5 Å². The fraction of sp³-hybridized carbons (Fsp3) is 0.571. The van der Waals surface area contributed by atoms with Crippen molar-refractivity contribution < 1.29 is 83.4 Å². The van der Waals surface area contributed by atoms with Gasteiger partial charge in [0.1, 0.15) is 54.1 Å². The maximum atomic E-state index is 14.2. The number of phenolic OH excluding ortho intramolecular Hbond substituents is 1. The highest BCUT2D eigenvalue weighted by atomic mass is 32.1. The molecule has 0 fully saturated rings. The minimum atomic E-state index is -1.99. The molecule has 31 heteroatoms. The maximum absolute atomic E-state index is 14.2. The number of amides is 9. The zero-order valence-electron chi connectivity index (χ0n) is 40.1. The van der Waals surface area contributed by atoms with Crippen LogP contribution in [0.5, 0.6) is 5.75 Å². The van der Waals surface area contributed by atoms with E-state index in [4.69, 9.17) is 22.9 Å². The molecule has 11 atom stereocenters. The Balaban J connectivity index is 3.45. The second kappa shape index (κ2) is 31.9. The molecule has 73 heavy (non-hydrogen) atoms. The number of aliphatic imine (C=N–C) groups is 1. The van der Waals surface area contributed by atoms with Crippen LogP contribution in [-0.2, 0) is 59.2 Å². The SMILES string of the molecule is CC[C@H](C)[C@H](NC(=O)[C@H](Cc1ccc(O)cc1)NC(=O)[C@H](CC(N)=O)NC(=O)[C@H](CO)NC(=O)[C@H](CO)NC(=O)[C@H](CC(=O)O)NC(=O)[C@@H](N)CS)C(=O)N[C@H](C(=O)N[C@@H](CCCN=C(N)N)C(=O)O)[C@@H](C)O. The number of phenols is 1. The van der Waals surface area contributed by atoms with Crippen molar-refractivity contribution in [2.24, 2.45) is 33.8 Å². The van der Waals surface area contributed by atoms with E-state index < -0.39 is 158 Å². The number of nitrogens with one attached hydrogen (secondary N) is 8. The van der Waals surface area contributed by atoms with E-state index in [9.17, 15) is 83.4 Å². The van der Waals surface area contributed by atoms with Gasteiger partial charge in [0.05, 0.1) is 38.2 Å². The van der Waals surface area contributed by atoms with Crippen molar-refractivity contribution in [2.45, 2.75) is 120 Å². The predicted molar refractivity (Wildman–Crippen MR) is 258 cm³/mol. The average Bonchev–Trinajstić information content (AvgIpc) is 3.32. The average molecular weight is 1060 g/mol. The van der Waals surface area contributed by atoms with Crippen molar-refractivity contribution in [3.63, 3.8) is 0 Å². The summed E-state index contributed by atoms with van der Waals surface area (Å²) in [5.74, 6) is -15.0. The van der Waals surface area contributed by atoms with Gasteiger partial charge in [0.25, 0.3) is 0 Å². The Kier molecular flexibility index (Phi) is 27.8.